The molecule has 0 unspecified atom stereocenters. The van der Waals surface area contributed by atoms with Crippen molar-refractivity contribution in [1.82, 2.24) is 4.98 Å². The predicted octanol–water partition coefficient (Wildman–Crippen LogP) is 2.20. The number of fused-ring (bicyclic) bond motifs is 1. The Morgan fingerprint density at radius 3 is 3.00 bits per heavy atom. The molecule has 13 heavy (non-hydrogen) atoms. The summed E-state index contributed by atoms with van der Waals surface area (Å²) >= 11 is 0. The Balaban J connectivity index is 2.68. The van der Waals surface area contributed by atoms with Crippen LogP contribution in [-0.2, 0) is 4.79 Å². The van der Waals surface area contributed by atoms with Gasteiger partial charge in [0.15, 0.2) is 0 Å². The van der Waals surface area contributed by atoms with Gasteiger partial charge in [0.25, 0.3) is 0 Å². The summed E-state index contributed by atoms with van der Waals surface area (Å²) in [4.78, 5) is 17.6. The Hall–Kier alpha value is -1.99. The number of rotatable bonds is 1. The second-order valence-electron chi connectivity index (χ2n) is 2.59. The number of carbonyl (C=O) groups excluding carboxylic acids is 1. The number of aromatic nitrogens is 1. The van der Waals surface area contributed by atoms with Crippen LogP contribution in [0.15, 0.2) is 41.5 Å². The summed E-state index contributed by atoms with van der Waals surface area (Å²) in [6.45, 7) is 0. The van der Waals surface area contributed by atoms with Crippen molar-refractivity contribution in [3.63, 3.8) is 0 Å². The first-order chi connectivity index (χ1) is 6.40. The third-order valence-corrected chi connectivity index (χ3v) is 1.75. The normalized spacial score (nSPS) is 9.54. The Bertz CT molecular complexity index is 487. The number of hydrogen-bond acceptors (Lipinski definition) is 3. The number of para-hydroxylation sites is 1. The fraction of sp³-hybridized carbons (Fsp3) is 0. The van der Waals surface area contributed by atoms with Crippen LogP contribution in [0.1, 0.15) is 0 Å². The lowest BCUT2D eigenvalue weighted by molar-refractivity contribution is 0.565. The average molecular weight is 170 g/mol. The highest BCUT2D eigenvalue weighted by Gasteiger charge is 1.94. The summed E-state index contributed by atoms with van der Waals surface area (Å²) in [6, 6.07) is 9.46. The van der Waals surface area contributed by atoms with Crippen molar-refractivity contribution in [3.05, 3.63) is 36.5 Å². The van der Waals surface area contributed by atoms with E-state index in [-0.39, 0.29) is 0 Å². The second kappa shape index (κ2) is 3.17. The van der Waals surface area contributed by atoms with E-state index in [2.05, 4.69) is 9.98 Å². The summed E-state index contributed by atoms with van der Waals surface area (Å²) in [5, 5.41) is 0.971. The van der Waals surface area contributed by atoms with Crippen LogP contribution in [-0.4, -0.2) is 11.1 Å². The van der Waals surface area contributed by atoms with Crippen molar-refractivity contribution in [2.75, 3.05) is 0 Å². The molecule has 0 spiro atoms. The largest absolute Gasteiger partial charge is 0.254 e. The van der Waals surface area contributed by atoms with Crippen molar-refractivity contribution in [2.45, 2.75) is 0 Å². The van der Waals surface area contributed by atoms with Gasteiger partial charge in [-0.3, -0.25) is 4.98 Å². The SMILES string of the molecule is O=C=Nc1cnc2ccccc2c1. The number of aliphatic imine (C=N–C) groups is 1. The molecule has 0 fully saturated rings. The quantitative estimate of drug-likeness (QED) is 0.486. The highest BCUT2D eigenvalue weighted by atomic mass is 16.1. The molecule has 0 amide bonds. The molecule has 2 aromatic rings. The monoisotopic (exact) mass is 170 g/mol. The van der Waals surface area contributed by atoms with Crippen LogP contribution in [0.2, 0.25) is 0 Å². The Morgan fingerprint density at radius 2 is 2.15 bits per heavy atom. The molecule has 3 heteroatoms. The van der Waals surface area contributed by atoms with Crippen LogP contribution in [0.25, 0.3) is 10.9 Å². The van der Waals surface area contributed by atoms with E-state index in [9.17, 15) is 4.79 Å². The van der Waals surface area contributed by atoms with Gasteiger partial charge >= 0.3 is 0 Å². The van der Waals surface area contributed by atoms with E-state index < -0.39 is 0 Å². The third kappa shape index (κ3) is 1.45. The molecule has 3 nitrogen and oxygen atoms in total. The molecule has 0 aliphatic heterocycles. The maximum atomic E-state index is 9.99. The summed E-state index contributed by atoms with van der Waals surface area (Å²) in [5.74, 6) is 0. The van der Waals surface area contributed by atoms with Crippen LogP contribution in [0, 0.1) is 0 Å². The predicted molar refractivity (Wildman–Crippen MR) is 49.5 cm³/mol. The first kappa shape index (κ1) is 7.65. The second-order valence-corrected chi connectivity index (χ2v) is 2.59. The molecule has 1 aromatic carbocycles. The lowest BCUT2D eigenvalue weighted by Gasteiger charge is -1.95. The number of nitrogens with zero attached hydrogens (tertiary/aromatic N) is 2. The average Bonchev–Trinajstić information content (AvgIpc) is 2.18. The smallest absolute Gasteiger partial charge is 0.240 e. The van der Waals surface area contributed by atoms with Crippen LogP contribution < -0.4 is 0 Å². The first-order valence-corrected chi connectivity index (χ1v) is 3.83. The lowest BCUT2D eigenvalue weighted by Crippen LogP contribution is -1.76. The number of isocyanates is 1. The zero-order chi connectivity index (χ0) is 9.10. The molecule has 62 valence electrons. The van der Waals surface area contributed by atoms with Gasteiger partial charge in [-0.2, -0.15) is 4.99 Å². The van der Waals surface area contributed by atoms with Gasteiger partial charge < -0.3 is 0 Å². The van der Waals surface area contributed by atoms with Gasteiger partial charge in [0, 0.05) is 5.39 Å². The molecule has 0 atom stereocenters. The summed E-state index contributed by atoms with van der Waals surface area (Å²) < 4.78 is 0. The van der Waals surface area contributed by atoms with Crippen molar-refractivity contribution in [1.29, 1.82) is 0 Å². The molecule has 0 saturated carbocycles. The van der Waals surface area contributed by atoms with Crippen molar-refractivity contribution in [2.24, 2.45) is 4.99 Å². The van der Waals surface area contributed by atoms with Gasteiger partial charge in [0.05, 0.1) is 17.4 Å². The highest BCUT2D eigenvalue weighted by molar-refractivity contribution is 5.81. The zero-order valence-corrected chi connectivity index (χ0v) is 6.77. The number of benzene rings is 1. The molecule has 0 bridgehead atoms. The van der Waals surface area contributed by atoms with E-state index in [1.54, 1.807) is 12.3 Å². The van der Waals surface area contributed by atoms with Crippen molar-refractivity contribution >= 4 is 22.7 Å². The summed E-state index contributed by atoms with van der Waals surface area (Å²) in [7, 11) is 0. The number of hydrogen-bond donors (Lipinski definition) is 0. The molecular weight excluding hydrogens is 164 g/mol. The number of pyridine rings is 1. The minimum Gasteiger partial charge on any atom is -0.254 e. The maximum Gasteiger partial charge on any atom is 0.240 e. The van der Waals surface area contributed by atoms with E-state index in [1.165, 1.54) is 6.08 Å². The molecular formula is C10H6N2O. The first-order valence-electron chi connectivity index (χ1n) is 3.83. The Kier molecular flexibility index (Phi) is 1.87. The van der Waals surface area contributed by atoms with Gasteiger partial charge in [-0.25, -0.2) is 4.79 Å². The molecule has 0 N–H and O–H groups in total. The van der Waals surface area contributed by atoms with Crippen LogP contribution in [0.4, 0.5) is 5.69 Å². The van der Waals surface area contributed by atoms with E-state index in [0.29, 0.717) is 5.69 Å². The van der Waals surface area contributed by atoms with Gasteiger partial charge in [-0.15, -0.1) is 0 Å². The van der Waals surface area contributed by atoms with E-state index >= 15 is 0 Å². The lowest BCUT2D eigenvalue weighted by atomic mass is 10.2. The molecule has 0 saturated heterocycles. The van der Waals surface area contributed by atoms with E-state index in [0.717, 1.165) is 10.9 Å². The Labute approximate surface area is 74.8 Å². The van der Waals surface area contributed by atoms with E-state index in [1.807, 2.05) is 24.3 Å². The van der Waals surface area contributed by atoms with Crippen molar-refractivity contribution in [3.8, 4) is 0 Å². The fourth-order valence-corrected chi connectivity index (χ4v) is 1.17. The van der Waals surface area contributed by atoms with Crippen molar-refractivity contribution < 1.29 is 4.79 Å². The summed E-state index contributed by atoms with van der Waals surface area (Å²) in [5.41, 5.74) is 1.43. The zero-order valence-electron chi connectivity index (χ0n) is 6.77. The van der Waals surface area contributed by atoms with Gasteiger partial charge in [0.1, 0.15) is 0 Å². The molecule has 1 aromatic heterocycles. The third-order valence-electron chi connectivity index (χ3n) is 1.75. The summed E-state index contributed by atoms with van der Waals surface area (Å²) in [6.07, 6.45) is 3.03. The van der Waals surface area contributed by atoms with Gasteiger partial charge in [-0.1, -0.05) is 18.2 Å². The topological polar surface area (TPSA) is 42.3 Å². The van der Waals surface area contributed by atoms with Crippen LogP contribution in [0.3, 0.4) is 0 Å². The van der Waals surface area contributed by atoms with E-state index in [4.69, 9.17) is 0 Å². The van der Waals surface area contributed by atoms with Gasteiger partial charge in [0.2, 0.25) is 6.08 Å². The molecule has 0 aliphatic rings. The van der Waals surface area contributed by atoms with Crippen LogP contribution in [0.5, 0.6) is 0 Å². The Morgan fingerprint density at radius 1 is 1.31 bits per heavy atom. The maximum absolute atomic E-state index is 9.99. The molecule has 1 heterocycles. The van der Waals surface area contributed by atoms with Gasteiger partial charge in [-0.05, 0) is 12.1 Å². The molecule has 2 rings (SSSR count). The standard InChI is InChI=1S/C10H6N2O/c13-7-12-9-5-8-3-1-2-4-10(8)11-6-9/h1-6H. The van der Waals surface area contributed by atoms with Crippen LogP contribution >= 0.6 is 0 Å². The highest BCUT2D eigenvalue weighted by Crippen LogP contribution is 2.17. The fourth-order valence-electron chi connectivity index (χ4n) is 1.17. The minimum absolute atomic E-state index is 0.536. The molecule has 0 aliphatic carbocycles. The minimum atomic E-state index is 0.536. The molecule has 0 radical (unpaired) electrons.